The molecule has 61 heavy (non-hydrogen) atoms. The van der Waals surface area contributed by atoms with E-state index in [0.29, 0.717) is 57.5 Å². The Morgan fingerprint density at radius 2 is 1.34 bits per heavy atom. The van der Waals surface area contributed by atoms with Crippen LogP contribution in [-0.2, 0) is 45.5 Å². The average molecular weight is 971 g/mol. The number of aldehydes is 1. The standard InChI is InChI=1S/C43H50Br2N6O10/c1-25-27(21-58-42-35(44)15-29(17-47-19-38(54)55)40(50-42)60-23-31(46-3)9-6-14-52)7-4-10-33(25)34-11-5-8-28(26(34)2)22-59-43-36(45)16-30(18-48-20-39(56)57)41(51-43)61-24-32-12-13-37(53)49-32/h4-5,7-8,10-11,14-16,31-32,46-48H,6,9,12-13,17-24H2,1-3H3,(H,49,53)(H,54,55)(H,56,57). The van der Waals surface area contributed by atoms with E-state index >= 15 is 0 Å². The molecular weight excluding hydrogens is 920 g/mol. The SMILES string of the molecule is CNC(CCC=O)COc1nc(OCc2cccc(-c3cccc(COc4nc(OCC5CCC(=O)N5)c(CNCC(=O)O)cc4Br)c3C)c2C)c(Br)cc1CNCC(=O)O. The number of ether oxygens (including phenoxy) is 4. The van der Waals surface area contributed by atoms with E-state index in [1.54, 1.807) is 19.2 Å². The summed E-state index contributed by atoms with van der Waals surface area (Å²) in [5.74, 6) is -0.841. The van der Waals surface area contributed by atoms with Gasteiger partial charge in [0, 0.05) is 43.1 Å². The van der Waals surface area contributed by atoms with Crippen molar-refractivity contribution in [2.24, 2.45) is 0 Å². The van der Waals surface area contributed by atoms with Crippen LogP contribution >= 0.6 is 31.9 Å². The van der Waals surface area contributed by atoms with Gasteiger partial charge in [0.1, 0.15) is 32.7 Å². The van der Waals surface area contributed by atoms with Crippen molar-refractivity contribution in [2.45, 2.75) is 77.9 Å². The van der Waals surface area contributed by atoms with Crippen LogP contribution in [0.4, 0.5) is 0 Å². The summed E-state index contributed by atoms with van der Waals surface area (Å²) in [6.45, 7) is 4.82. The molecule has 3 heterocycles. The van der Waals surface area contributed by atoms with Crippen LogP contribution in [0.1, 0.15) is 59.1 Å². The van der Waals surface area contributed by atoms with Gasteiger partial charge in [-0.3, -0.25) is 14.4 Å². The van der Waals surface area contributed by atoms with Crippen LogP contribution in [0.3, 0.4) is 0 Å². The van der Waals surface area contributed by atoms with Gasteiger partial charge in [-0.05, 0) is 111 Å². The van der Waals surface area contributed by atoms with E-state index in [1.165, 1.54) is 0 Å². The molecule has 1 aliphatic rings. The van der Waals surface area contributed by atoms with Gasteiger partial charge in [0.2, 0.25) is 29.4 Å². The van der Waals surface area contributed by atoms with Crippen molar-refractivity contribution in [3.63, 3.8) is 0 Å². The number of carbonyl (C=O) groups is 4. The number of carboxylic acids is 2. The number of aromatic nitrogens is 2. The molecule has 0 radical (unpaired) electrons. The Kier molecular flexibility index (Phi) is 17.8. The molecule has 2 atom stereocenters. The Morgan fingerprint density at radius 3 is 1.80 bits per heavy atom. The molecule has 2 aromatic heterocycles. The molecule has 18 heteroatoms. The van der Waals surface area contributed by atoms with E-state index < -0.39 is 11.9 Å². The van der Waals surface area contributed by atoms with Gasteiger partial charge in [0.15, 0.2) is 0 Å². The highest BCUT2D eigenvalue weighted by Crippen LogP contribution is 2.35. The van der Waals surface area contributed by atoms with Gasteiger partial charge >= 0.3 is 11.9 Å². The smallest absolute Gasteiger partial charge is 0.317 e. The number of hydrogen-bond donors (Lipinski definition) is 6. The minimum absolute atomic E-state index is 0.0285. The molecule has 5 rings (SSSR count). The van der Waals surface area contributed by atoms with E-state index in [9.17, 15) is 19.2 Å². The van der Waals surface area contributed by atoms with Crippen LogP contribution in [0, 0.1) is 13.8 Å². The fourth-order valence-corrected chi connectivity index (χ4v) is 7.56. The molecule has 1 aliphatic heterocycles. The second-order valence-corrected chi connectivity index (χ2v) is 16.1. The predicted octanol–water partition coefficient (Wildman–Crippen LogP) is 5.40. The highest BCUT2D eigenvalue weighted by atomic mass is 79.9. The fraction of sp³-hybridized carbons (Fsp3) is 0.395. The van der Waals surface area contributed by atoms with E-state index in [2.05, 4.69) is 75.2 Å². The molecular formula is C43H50Br2N6O10. The van der Waals surface area contributed by atoms with Crippen molar-refractivity contribution in [3.05, 3.63) is 90.9 Å². The van der Waals surface area contributed by atoms with Gasteiger partial charge in [-0.25, -0.2) is 0 Å². The number of pyridine rings is 2. The first-order chi connectivity index (χ1) is 29.4. The van der Waals surface area contributed by atoms with Crippen molar-refractivity contribution in [1.82, 2.24) is 31.2 Å². The summed E-state index contributed by atoms with van der Waals surface area (Å²) in [7, 11) is 1.79. The summed E-state index contributed by atoms with van der Waals surface area (Å²) in [5, 5.41) is 30.0. The summed E-state index contributed by atoms with van der Waals surface area (Å²) in [6, 6.07) is 15.4. The van der Waals surface area contributed by atoms with Crippen molar-refractivity contribution in [1.29, 1.82) is 0 Å². The topological polar surface area (TPSA) is 220 Å². The molecule has 0 saturated carbocycles. The molecule has 1 amide bonds. The number of likely N-dealkylation sites (N-methyl/N-ethyl adjacent to an activating group) is 1. The predicted molar refractivity (Wildman–Crippen MR) is 233 cm³/mol. The zero-order valence-corrected chi connectivity index (χ0v) is 37.3. The summed E-state index contributed by atoms with van der Waals surface area (Å²) in [4.78, 5) is 54.3. The van der Waals surface area contributed by atoms with Crippen molar-refractivity contribution < 1.29 is 48.3 Å². The molecule has 16 nitrogen and oxygen atoms in total. The number of hydrogen-bond acceptors (Lipinski definition) is 13. The summed E-state index contributed by atoms with van der Waals surface area (Å²) in [6.07, 6.45) is 2.90. The lowest BCUT2D eigenvalue weighted by atomic mass is 9.92. The Hall–Kier alpha value is -5.14. The van der Waals surface area contributed by atoms with Gasteiger partial charge in [-0.2, -0.15) is 9.97 Å². The van der Waals surface area contributed by atoms with Crippen LogP contribution in [0.25, 0.3) is 11.1 Å². The van der Waals surface area contributed by atoms with Crippen LogP contribution in [-0.4, -0.2) is 89.7 Å². The van der Waals surface area contributed by atoms with Crippen LogP contribution in [0.15, 0.2) is 57.5 Å². The maximum atomic E-state index is 11.7. The molecule has 6 N–H and O–H groups in total. The first-order valence-corrected chi connectivity index (χ1v) is 21.3. The van der Waals surface area contributed by atoms with Gasteiger partial charge in [-0.1, -0.05) is 36.4 Å². The molecule has 4 aromatic rings. The first kappa shape index (κ1) is 46.9. The summed E-state index contributed by atoms with van der Waals surface area (Å²) in [5.41, 5.74) is 7.17. The zero-order chi connectivity index (χ0) is 43.9. The normalized spacial score (nSPS) is 14.0. The Morgan fingerprint density at radius 1 is 0.820 bits per heavy atom. The maximum Gasteiger partial charge on any atom is 0.317 e. The largest absolute Gasteiger partial charge is 0.480 e. The lowest BCUT2D eigenvalue weighted by Crippen LogP contribution is -2.32. The number of rotatable bonds is 25. The number of carboxylic acid groups (broad SMARTS) is 2. The number of carbonyl (C=O) groups excluding carboxylic acids is 2. The molecule has 0 aliphatic carbocycles. The lowest BCUT2D eigenvalue weighted by Gasteiger charge is -2.19. The first-order valence-electron chi connectivity index (χ1n) is 19.7. The quantitative estimate of drug-likeness (QED) is 0.0459. The summed E-state index contributed by atoms with van der Waals surface area (Å²) < 4.78 is 25.8. The third-order valence-corrected chi connectivity index (χ3v) is 11.2. The minimum atomic E-state index is -0.988. The molecule has 2 aromatic carbocycles. The van der Waals surface area contributed by atoms with Crippen molar-refractivity contribution >= 4 is 56.0 Å². The zero-order valence-electron chi connectivity index (χ0n) is 34.1. The Balaban J connectivity index is 1.32. The fourth-order valence-electron chi connectivity index (χ4n) is 6.60. The van der Waals surface area contributed by atoms with E-state index in [4.69, 9.17) is 29.2 Å². The number of aliphatic carboxylic acids is 2. The van der Waals surface area contributed by atoms with Crippen molar-refractivity contribution in [3.8, 4) is 34.6 Å². The number of amides is 1. The van der Waals surface area contributed by atoms with Crippen LogP contribution in [0.5, 0.6) is 23.5 Å². The second-order valence-electron chi connectivity index (χ2n) is 14.4. The van der Waals surface area contributed by atoms with Crippen LogP contribution in [0.2, 0.25) is 0 Å². The molecule has 1 fully saturated rings. The third-order valence-electron chi connectivity index (χ3n) is 10.0. The molecule has 326 valence electrons. The van der Waals surface area contributed by atoms with E-state index in [1.807, 2.05) is 38.1 Å². The highest BCUT2D eigenvalue weighted by molar-refractivity contribution is 9.10. The number of benzene rings is 2. The third kappa shape index (κ3) is 13.7. The van der Waals surface area contributed by atoms with Gasteiger partial charge in [0.25, 0.3) is 0 Å². The van der Waals surface area contributed by atoms with Crippen LogP contribution < -0.4 is 40.2 Å². The molecule has 2 unspecified atom stereocenters. The van der Waals surface area contributed by atoms with E-state index in [-0.39, 0.29) is 82.4 Å². The molecule has 1 saturated heterocycles. The Labute approximate surface area is 370 Å². The monoisotopic (exact) mass is 968 g/mol. The number of nitrogens with zero attached hydrogens (tertiary/aromatic N) is 2. The van der Waals surface area contributed by atoms with Gasteiger partial charge in [-0.15, -0.1) is 0 Å². The van der Waals surface area contributed by atoms with Crippen molar-refractivity contribution in [2.75, 3.05) is 33.4 Å². The van der Waals surface area contributed by atoms with E-state index in [0.717, 1.165) is 39.7 Å². The lowest BCUT2D eigenvalue weighted by molar-refractivity contribution is -0.137. The van der Waals surface area contributed by atoms with Gasteiger partial charge < -0.3 is 55.2 Å². The minimum Gasteiger partial charge on any atom is -0.480 e. The van der Waals surface area contributed by atoms with Gasteiger partial charge in [0.05, 0.1) is 28.1 Å². The second kappa shape index (κ2) is 23.2. The molecule has 0 spiro atoms. The summed E-state index contributed by atoms with van der Waals surface area (Å²) >= 11 is 7.14. The number of nitrogens with one attached hydrogen (secondary N) is 4. The highest BCUT2D eigenvalue weighted by Gasteiger charge is 2.23. The number of halogens is 2. The molecule has 0 bridgehead atoms. The maximum absolute atomic E-state index is 11.7. The Bertz CT molecular complexity index is 2190. The average Bonchev–Trinajstić information content (AvgIpc) is 3.65.